The molecule has 6 nitrogen and oxygen atoms in total. The quantitative estimate of drug-likeness (QED) is 0.888. The molecular weight excluding hydrogens is 326 g/mol. The van der Waals surface area contributed by atoms with Gasteiger partial charge in [0, 0.05) is 51.2 Å². The molecule has 24 heavy (non-hydrogen) atoms. The fourth-order valence-corrected chi connectivity index (χ4v) is 3.30. The first-order chi connectivity index (χ1) is 11.7. The average molecular weight is 348 g/mol. The molecule has 2 aromatic rings. The number of fused-ring (bicyclic) bond motifs is 1. The Bertz CT molecular complexity index is 734. The van der Waals surface area contributed by atoms with Crippen molar-refractivity contribution in [2.75, 3.05) is 32.7 Å². The number of imidazole rings is 1. The molecule has 0 aromatic carbocycles. The number of amides is 1. The Hall–Kier alpha value is -1.63. The van der Waals surface area contributed by atoms with Gasteiger partial charge in [-0.2, -0.15) is 0 Å². The Labute approximate surface area is 146 Å². The standard InChI is InChI=1S/C17H22ClN5O/c18-13-1-4-16-19-15(11-23(16)9-13)10-21-5-7-22(8-6-21)12-17(24)20-14-2-3-14/h1,4,9,11,14H,2-3,5-8,10,12H2,(H,20,24). The molecule has 0 spiro atoms. The van der Waals surface area contributed by atoms with E-state index >= 15 is 0 Å². The summed E-state index contributed by atoms with van der Waals surface area (Å²) in [4.78, 5) is 21.1. The Morgan fingerprint density at radius 3 is 2.67 bits per heavy atom. The van der Waals surface area contributed by atoms with Gasteiger partial charge < -0.3 is 9.72 Å². The van der Waals surface area contributed by atoms with Crippen LogP contribution in [0, 0.1) is 0 Å². The van der Waals surface area contributed by atoms with Gasteiger partial charge in [0.25, 0.3) is 0 Å². The van der Waals surface area contributed by atoms with Gasteiger partial charge in [0.05, 0.1) is 17.3 Å². The van der Waals surface area contributed by atoms with Gasteiger partial charge in [0.2, 0.25) is 5.91 Å². The lowest BCUT2D eigenvalue weighted by atomic mass is 10.3. The highest BCUT2D eigenvalue weighted by molar-refractivity contribution is 6.30. The topological polar surface area (TPSA) is 52.9 Å². The average Bonchev–Trinajstić information content (AvgIpc) is 3.27. The third-order valence-corrected chi connectivity index (χ3v) is 4.85. The summed E-state index contributed by atoms with van der Waals surface area (Å²) in [5.74, 6) is 0.170. The number of nitrogens with one attached hydrogen (secondary N) is 1. The van der Waals surface area contributed by atoms with Crippen LogP contribution in [0.5, 0.6) is 0 Å². The number of hydrogen-bond donors (Lipinski definition) is 1. The molecule has 1 saturated heterocycles. The number of piperazine rings is 1. The van der Waals surface area contributed by atoms with Gasteiger partial charge >= 0.3 is 0 Å². The minimum absolute atomic E-state index is 0.170. The highest BCUT2D eigenvalue weighted by Gasteiger charge is 2.25. The minimum Gasteiger partial charge on any atom is -0.352 e. The van der Waals surface area contributed by atoms with Gasteiger partial charge in [0.1, 0.15) is 5.65 Å². The molecular formula is C17H22ClN5O. The molecule has 4 rings (SSSR count). The van der Waals surface area contributed by atoms with Crippen molar-refractivity contribution in [2.24, 2.45) is 0 Å². The summed E-state index contributed by atoms with van der Waals surface area (Å²) in [6, 6.07) is 4.24. The summed E-state index contributed by atoms with van der Waals surface area (Å²) in [5, 5.41) is 3.77. The van der Waals surface area contributed by atoms with Gasteiger partial charge in [-0.05, 0) is 25.0 Å². The van der Waals surface area contributed by atoms with Crippen LogP contribution >= 0.6 is 11.6 Å². The van der Waals surface area contributed by atoms with Crippen LogP contribution in [0.25, 0.3) is 5.65 Å². The van der Waals surface area contributed by atoms with E-state index in [2.05, 4.69) is 20.1 Å². The molecule has 0 unspecified atom stereocenters. The zero-order valence-electron chi connectivity index (χ0n) is 13.6. The second kappa shape index (κ2) is 6.70. The van der Waals surface area contributed by atoms with Crippen molar-refractivity contribution in [3.8, 4) is 0 Å². The maximum Gasteiger partial charge on any atom is 0.234 e. The molecule has 1 saturated carbocycles. The molecule has 2 fully saturated rings. The molecule has 2 aromatic heterocycles. The van der Waals surface area contributed by atoms with Gasteiger partial charge in [-0.3, -0.25) is 14.6 Å². The Morgan fingerprint density at radius 2 is 1.92 bits per heavy atom. The second-order valence-electron chi connectivity index (χ2n) is 6.74. The molecule has 1 aliphatic heterocycles. The first-order valence-electron chi connectivity index (χ1n) is 8.53. The predicted octanol–water partition coefficient (Wildman–Crippen LogP) is 1.38. The molecule has 128 valence electrons. The normalized spacial score (nSPS) is 19.7. The number of nitrogens with zero attached hydrogens (tertiary/aromatic N) is 4. The molecule has 0 bridgehead atoms. The number of aromatic nitrogens is 2. The lowest BCUT2D eigenvalue weighted by Gasteiger charge is -2.33. The largest absolute Gasteiger partial charge is 0.352 e. The smallest absolute Gasteiger partial charge is 0.234 e. The summed E-state index contributed by atoms with van der Waals surface area (Å²) in [6.45, 7) is 5.14. The number of hydrogen-bond acceptors (Lipinski definition) is 4. The minimum atomic E-state index is 0.170. The van der Waals surface area contributed by atoms with Crippen LogP contribution < -0.4 is 5.32 Å². The van der Waals surface area contributed by atoms with Crippen LogP contribution in [0.3, 0.4) is 0 Å². The van der Waals surface area contributed by atoms with Crippen molar-refractivity contribution in [1.82, 2.24) is 24.5 Å². The third kappa shape index (κ3) is 3.88. The highest BCUT2D eigenvalue weighted by Crippen LogP contribution is 2.18. The fraction of sp³-hybridized carbons (Fsp3) is 0.529. The van der Waals surface area contributed by atoms with E-state index in [0.29, 0.717) is 17.6 Å². The Morgan fingerprint density at radius 1 is 1.17 bits per heavy atom. The van der Waals surface area contributed by atoms with Crippen LogP contribution in [0.1, 0.15) is 18.5 Å². The number of halogens is 1. The maximum atomic E-state index is 11.9. The first-order valence-corrected chi connectivity index (χ1v) is 8.91. The first kappa shape index (κ1) is 15.9. The number of rotatable bonds is 5. The predicted molar refractivity (Wildman–Crippen MR) is 93.1 cm³/mol. The van der Waals surface area contributed by atoms with Gasteiger partial charge in [0.15, 0.2) is 0 Å². The van der Waals surface area contributed by atoms with Crippen molar-refractivity contribution < 1.29 is 4.79 Å². The maximum absolute atomic E-state index is 11.9. The van der Waals surface area contributed by atoms with Gasteiger partial charge in [-0.25, -0.2) is 4.98 Å². The Balaban J connectivity index is 1.28. The summed E-state index contributed by atoms with van der Waals surface area (Å²) >= 11 is 6.02. The number of carbonyl (C=O) groups is 1. The number of carbonyl (C=O) groups excluding carboxylic acids is 1. The van der Waals surface area contributed by atoms with E-state index in [4.69, 9.17) is 11.6 Å². The fourth-order valence-electron chi connectivity index (χ4n) is 3.13. The van der Waals surface area contributed by atoms with E-state index < -0.39 is 0 Å². The lowest BCUT2D eigenvalue weighted by molar-refractivity contribution is -0.122. The van der Waals surface area contributed by atoms with E-state index in [1.165, 1.54) is 0 Å². The summed E-state index contributed by atoms with van der Waals surface area (Å²) in [5.41, 5.74) is 1.97. The van der Waals surface area contributed by atoms with Gasteiger partial charge in [-0.1, -0.05) is 11.6 Å². The molecule has 1 N–H and O–H groups in total. The molecule has 0 radical (unpaired) electrons. The number of pyridine rings is 1. The summed E-state index contributed by atoms with van der Waals surface area (Å²) in [7, 11) is 0. The summed E-state index contributed by atoms with van der Waals surface area (Å²) < 4.78 is 1.97. The van der Waals surface area contributed by atoms with E-state index in [9.17, 15) is 4.79 Å². The molecule has 3 heterocycles. The highest BCUT2D eigenvalue weighted by atomic mass is 35.5. The molecule has 2 aliphatic rings. The van der Waals surface area contributed by atoms with Gasteiger partial charge in [-0.15, -0.1) is 0 Å². The van der Waals surface area contributed by atoms with Crippen molar-refractivity contribution in [1.29, 1.82) is 0 Å². The van der Waals surface area contributed by atoms with Crippen molar-refractivity contribution in [3.63, 3.8) is 0 Å². The lowest BCUT2D eigenvalue weighted by Crippen LogP contribution is -2.49. The second-order valence-corrected chi connectivity index (χ2v) is 7.18. The van der Waals surface area contributed by atoms with Crippen LogP contribution in [0.2, 0.25) is 5.02 Å². The van der Waals surface area contributed by atoms with Crippen LogP contribution in [-0.2, 0) is 11.3 Å². The van der Waals surface area contributed by atoms with E-state index in [-0.39, 0.29) is 5.91 Å². The molecule has 7 heteroatoms. The van der Waals surface area contributed by atoms with Crippen LogP contribution in [-0.4, -0.2) is 63.9 Å². The van der Waals surface area contributed by atoms with E-state index in [1.807, 2.05) is 28.9 Å². The van der Waals surface area contributed by atoms with Crippen LogP contribution in [0.15, 0.2) is 24.5 Å². The Kier molecular flexibility index (Phi) is 4.43. The third-order valence-electron chi connectivity index (χ3n) is 4.63. The van der Waals surface area contributed by atoms with Crippen molar-refractivity contribution in [2.45, 2.75) is 25.4 Å². The van der Waals surface area contributed by atoms with E-state index in [0.717, 1.165) is 56.9 Å². The summed E-state index contributed by atoms with van der Waals surface area (Å²) in [6.07, 6.45) is 6.20. The molecule has 1 amide bonds. The zero-order valence-corrected chi connectivity index (χ0v) is 14.4. The zero-order chi connectivity index (χ0) is 16.5. The molecule has 0 atom stereocenters. The van der Waals surface area contributed by atoms with Crippen molar-refractivity contribution >= 4 is 23.2 Å². The van der Waals surface area contributed by atoms with Crippen LogP contribution in [0.4, 0.5) is 0 Å². The monoisotopic (exact) mass is 347 g/mol. The van der Waals surface area contributed by atoms with E-state index in [1.54, 1.807) is 0 Å². The van der Waals surface area contributed by atoms with Crippen molar-refractivity contribution in [3.05, 3.63) is 35.2 Å². The molecule has 1 aliphatic carbocycles. The SMILES string of the molecule is O=C(CN1CCN(Cc2cn3cc(Cl)ccc3n2)CC1)NC1CC1.